The quantitative estimate of drug-likeness (QED) is 0.361. The van der Waals surface area contributed by atoms with E-state index in [0.29, 0.717) is 53.6 Å². The first kappa shape index (κ1) is 20.6. The summed E-state index contributed by atoms with van der Waals surface area (Å²) in [6.07, 6.45) is 1.77. The minimum atomic E-state index is -0.310. The molecule has 3 aromatic rings. The number of hydrogen-bond acceptors (Lipinski definition) is 6. The second kappa shape index (κ2) is 9.40. The molecule has 9 heteroatoms. The first-order valence-corrected chi connectivity index (χ1v) is 10.6. The standard InChI is InChI=1S/C21H19ClFN3O3S/c1-2-7-26-19(12-29-16-5-3-15(23)4-6-16)24-25-21(26)30-13-14-10-17(22)20-18(11-14)27-8-9-28-20/h2-6,10-11H,1,7-9,12-13H2. The highest BCUT2D eigenvalue weighted by Crippen LogP contribution is 2.39. The van der Waals surface area contributed by atoms with Gasteiger partial charge in [-0.1, -0.05) is 29.4 Å². The van der Waals surface area contributed by atoms with Crippen LogP contribution in [-0.2, 0) is 18.9 Å². The van der Waals surface area contributed by atoms with Crippen LogP contribution in [0.2, 0.25) is 5.02 Å². The molecule has 0 spiro atoms. The molecule has 156 valence electrons. The van der Waals surface area contributed by atoms with Crippen LogP contribution in [0.3, 0.4) is 0 Å². The van der Waals surface area contributed by atoms with Crippen molar-refractivity contribution >= 4 is 23.4 Å². The van der Waals surface area contributed by atoms with Gasteiger partial charge in [-0.25, -0.2) is 4.39 Å². The Morgan fingerprint density at radius 1 is 1.20 bits per heavy atom. The Balaban J connectivity index is 1.45. The van der Waals surface area contributed by atoms with Gasteiger partial charge in [0.1, 0.15) is 31.4 Å². The summed E-state index contributed by atoms with van der Waals surface area (Å²) in [6.45, 7) is 5.56. The summed E-state index contributed by atoms with van der Waals surface area (Å²) in [5.74, 6) is 2.78. The van der Waals surface area contributed by atoms with Gasteiger partial charge in [-0.2, -0.15) is 0 Å². The second-order valence-electron chi connectivity index (χ2n) is 6.43. The Bertz CT molecular complexity index is 1040. The Morgan fingerprint density at radius 2 is 2.00 bits per heavy atom. The number of aromatic nitrogens is 3. The van der Waals surface area contributed by atoms with E-state index in [4.69, 9.17) is 25.8 Å². The predicted octanol–water partition coefficient (Wildman–Crippen LogP) is 4.90. The molecule has 1 aliphatic heterocycles. The molecule has 0 aliphatic carbocycles. The maximum absolute atomic E-state index is 13.0. The van der Waals surface area contributed by atoms with Crippen LogP contribution < -0.4 is 14.2 Å². The number of benzene rings is 2. The topological polar surface area (TPSA) is 58.4 Å². The lowest BCUT2D eigenvalue weighted by molar-refractivity contribution is 0.171. The first-order chi connectivity index (χ1) is 14.6. The van der Waals surface area contributed by atoms with Gasteiger partial charge in [0.05, 0.1) is 5.02 Å². The average Bonchev–Trinajstić information content (AvgIpc) is 3.14. The summed E-state index contributed by atoms with van der Waals surface area (Å²) in [5.41, 5.74) is 0.992. The van der Waals surface area contributed by atoms with E-state index in [0.717, 1.165) is 10.7 Å². The molecule has 0 saturated carbocycles. The molecule has 0 saturated heterocycles. The van der Waals surface area contributed by atoms with Gasteiger partial charge < -0.3 is 14.2 Å². The van der Waals surface area contributed by atoms with Gasteiger partial charge in [-0.3, -0.25) is 4.57 Å². The molecule has 2 aromatic carbocycles. The van der Waals surface area contributed by atoms with Crippen molar-refractivity contribution in [2.75, 3.05) is 13.2 Å². The summed E-state index contributed by atoms with van der Waals surface area (Å²) in [4.78, 5) is 0. The van der Waals surface area contributed by atoms with E-state index in [1.807, 2.05) is 16.7 Å². The number of allylic oxidation sites excluding steroid dienone is 1. The van der Waals surface area contributed by atoms with E-state index in [1.54, 1.807) is 18.2 Å². The third kappa shape index (κ3) is 4.71. The lowest BCUT2D eigenvalue weighted by atomic mass is 10.2. The molecule has 0 bridgehead atoms. The van der Waals surface area contributed by atoms with Gasteiger partial charge in [0, 0.05) is 12.3 Å². The zero-order chi connectivity index (χ0) is 20.9. The number of ether oxygens (including phenoxy) is 3. The van der Waals surface area contributed by atoms with E-state index in [9.17, 15) is 4.39 Å². The van der Waals surface area contributed by atoms with Crippen LogP contribution in [0.1, 0.15) is 11.4 Å². The summed E-state index contributed by atoms with van der Waals surface area (Å²) in [6, 6.07) is 9.65. The molecule has 6 nitrogen and oxygen atoms in total. The Morgan fingerprint density at radius 3 is 2.80 bits per heavy atom. The average molecular weight is 448 g/mol. The Hall–Kier alpha value is -2.71. The zero-order valence-corrected chi connectivity index (χ0v) is 17.6. The van der Waals surface area contributed by atoms with Crippen LogP contribution in [-0.4, -0.2) is 28.0 Å². The minimum absolute atomic E-state index is 0.211. The second-order valence-corrected chi connectivity index (χ2v) is 7.78. The lowest BCUT2D eigenvalue weighted by Gasteiger charge is -2.20. The van der Waals surface area contributed by atoms with Gasteiger partial charge in [0.15, 0.2) is 22.5 Å². The number of hydrogen-bond donors (Lipinski definition) is 0. The Labute approximate surface area is 182 Å². The maximum Gasteiger partial charge on any atom is 0.191 e. The van der Waals surface area contributed by atoms with Gasteiger partial charge in [-0.05, 0) is 42.0 Å². The van der Waals surface area contributed by atoms with E-state index >= 15 is 0 Å². The third-order valence-electron chi connectivity index (χ3n) is 4.31. The molecule has 2 heterocycles. The molecule has 0 fully saturated rings. The summed E-state index contributed by atoms with van der Waals surface area (Å²) in [7, 11) is 0. The monoisotopic (exact) mass is 447 g/mol. The van der Waals surface area contributed by atoms with E-state index in [-0.39, 0.29) is 12.4 Å². The normalized spacial score (nSPS) is 12.6. The number of nitrogens with zero attached hydrogens (tertiary/aromatic N) is 3. The van der Waals surface area contributed by atoms with Crippen molar-refractivity contribution in [1.82, 2.24) is 14.8 Å². The lowest BCUT2D eigenvalue weighted by Crippen LogP contribution is -2.15. The number of rotatable bonds is 8. The van der Waals surface area contributed by atoms with Crippen LogP contribution in [0.15, 0.2) is 54.2 Å². The smallest absolute Gasteiger partial charge is 0.191 e. The first-order valence-electron chi connectivity index (χ1n) is 9.26. The molecule has 0 amide bonds. The largest absolute Gasteiger partial charge is 0.486 e. The van der Waals surface area contributed by atoms with Crippen molar-refractivity contribution in [3.63, 3.8) is 0 Å². The van der Waals surface area contributed by atoms with Crippen molar-refractivity contribution in [3.8, 4) is 17.2 Å². The van der Waals surface area contributed by atoms with Crippen LogP contribution in [0, 0.1) is 5.82 Å². The van der Waals surface area contributed by atoms with Crippen molar-refractivity contribution < 1.29 is 18.6 Å². The molecule has 1 aromatic heterocycles. The minimum Gasteiger partial charge on any atom is -0.486 e. The highest BCUT2D eigenvalue weighted by molar-refractivity contribution is 7.98. The molecular weight excluding hydrogens is 429 g/mol. The van der Waals surface area contributed by atoms with Crippen LogP contribution in [0.5, 0.6) is 17.2 Å². The van der Waals surface area contributed by atoms with Crippen LogP contribution in [0.25, 0.3) is 0 Å². The van der Waals surface area contributed by atoms with Gasteiger partial charge >= 0.3 is 0 Å². The highest BCUT2D eigenvalue weighted by atomic mass is 35.5. The van der Waals surface area contributed by atoms with Crippen molar-refractivity contribution in [3.05, 3.63) is 71.3 Å². The molecule has 30 heavy (non-hydrogen) atoms. The van der Waals surface area contributed by atoms with Crippen molar-refractivity contribution in [2.24, 2.45) is 0 Å². The molecule has 0 radical (unpaired) electrons. The summed E-state index contributed by atoms with van der Waals surface area (Å²) in [5, 5.41) is 9.79. The van der Waals surface area contributed by atoms with E-state index < -0.39 is 0 Å². The fraction of sp³-hybridized carbons (Fsp3) is 0.238. The molecule has 0 unspecified atom stereocenters. The summed E-state index contributed by atoms with van der Waals surface area (Å²) >= 11 is 7.85. The maximum atomic E-state index is 13.0. The van der Waals surface area contributed by atoms with Crippen molar-refractivity contribution in [1.29, 1.82) is 0 Å². The number of fused-ring (bicyclic) bond motifs is 1. The SMILES string of the molecule is C=CCn1c(COc2ccc(F)cc2)nnc1SCc1cc(Cl)c2c(c1)OCCO2. The van der Waals surface area contributed by atoms with Crippen molar-refractivity contribution in [2.45, 2.75) is 24.1 Å². The fourth-order valence-electron chi connectivity index (χ4n) is 2.92. The molecular formula is C21H19ClFN3O3S. The number of thioether (sulfide) groups is 1. The van der Waals surface area contributed by atoms with Gasteiger partial charge in [0.2, 0.25) is 0 Å². The molecule has 1 aliphatic rings. The Kier molecular flexibility index (Phi) is 6.44. The van der Waals surface area contributed by atoms with Crippen LogP contribution in [0.4, 0.5) is 4.39 Å². The number of halogens is 2. The zero-order valence-electron chi connectivity index (χ0n) is 16.0. The van der Waals surface area contributed by atoms with Crippen LogP contribution >= 0.6 is 23.4 Å². The van der Waals surface area contributed by atoms with E-state index in [2.05, 4.69) is 16.8 Å². The van der Waals surface area contributed by atoms with Gasteiger partial charge in [0.25, 0.3) is 0 Å². The molecule has 4 rings (SSSR count). The molecule has 0 atom stereocenters. The van der Waals surface area contributed by atoms with Gasteiger partial charge in [-0.15, -0.1) is 16.8 Å². The third-order valence-corrected chi connectivity index (χ3v) is 5.63. The molecule has 0 N–H and O–H groups in total. The fourth-order valence-corrected chi connectivity index (χ4v) is 4.10. The predicted molar refractivity (Wildman–Crippen MR) is 113 cm³/mol. The highest BCUT2D eigenvalue weighted by Gasteiger charge is 2.18. The summed E-state index contributed by atoms with van der Waals surface area (Å²) < 4.78 is 31.9. The van der Waals surface area contributed by atoms with E-state index in [1.165, 1.54) is 23.9 Å².